The van der Waals surface area contributed by atoms with Gasteiger partial charge in [-0.3, -0.25) is 0 Å². The fourth-order valence-corrected chi connectivity index (χ4v) is 3.60. The van der Waals surface area contributed by atoms with E-state index in [1.54, 1.807) is 18.0 Å². The zero-order valence-electron chi connectivity index (χ0n) is 11.4. The first kappa shape index (κ1) is 13.9. The molecule has 1 aromatic heterocycles. The zero-order chi connectivity index (χ0) is 12.8. The molecule has 1 aliphatic rings. The molecular weight excluding hydrogens is 244 g/mol. The van der Waals surface area contributed by atoms with Crippen molar-refractivity contribution in [2.24, 2.45) is 5.92 Å². The van der Waals surface area contributed by atoms with E-state index in [9.17, 15) is 0 Å². The third-order valence-corrected chi connectivity index (χ3v) is 4.50. The Bertz CT molecular complexity index is 353. The van der Waals surface area contributed by atoms with Crippen molar-refractivity contribution < 1.29 is 4.42 Å². The summed E-state index contributed by atoms with van der Waals surface area (Å²) in [5.41, 5.74) is 0.973. The van der Waals surface area contributed by atoms with Crippen molar-refractivity contribution in [2.45, 2.75) is 57.2 Å². The standard InChI is InChI=1S/C14H24N2OS/c1-3-8-15-13-6-4-5-12(13)7-9-18-14-16-11(2)10-17-14/h10,12-13,15H,3-9H2,1-2H3. The molecule has 0 bridgehead atoms. The van der Waals surface area contributed by atoms with Gasteiger partial charge in [-0.15, -0.1) is 0 Å². The van der Waals surface area contributed by atoms with E-state index in [0.717, 1.165) is 35.2 Å². The second-order valence-corrected chi connectivity index (χ2v) is 6.19. The summed E-state index contributed by atoms with van der Waals surface area (Å²) in [6, 6.07) is 0.747. The molecule has 1 aliphatic carbocycles. The molecule has 0 saturated heterocycles. The van der Waals surface area contributed by atoms with Gasteiger partial charge in [0.1, 0.15) is 6.26 Å². The van der Waals surface area contributed by atoms with Gasteiger partial charge in [0.25, 0.3) is 5.22 Å². The summed E-state index contributed by atoms with van der Waals surface area (Å²) in [5, 5.41) is 4.51. The van der Waals surface area contributed by atoms with Gasteiger partial charge in [-0.2, -0.15) is 0 Å². The number of aryl methyl sites for hydroxylation is 1. The quantitative estimate of drug-likeness (QED) is 0.766. The van der Waals surface area contributed by atoms with Gasteiger partial charge >= 0.3 is 0 Å². The molecular formula is C14H24N2OS. The summed E-state index contributed by atoms with van der Waals surface area (Å²) in [6.45, 7) is 5.36. The lowest BCUT2D eigenvalue weighted by atomic mass is 10.0. The monoisotopic (exact) mass is 268 g/mol. The topological polar surface area (TPSA) is 38.1 Å². The molecule has 1 saturated carbocycles. The lowest BCUT2D eigenvalue weighted by Gasteiger charge is -2.20. The Morgan fingerprint density at radius 3 is 3.11 bits per heavy atom. The van der Waals surface area contributed by atoms with Crippen LogP contribution in [0.15, 0.2) is 15.9 Å². The zero-order valence-corrected chi connectivity index (χ0v) is 12.3. The highest BCUT2D eigenvalue weighted by molar-refractivity contribution is 7.99. The minimum Gasteiger partial charge on any atom is -0.440 e. The normalized spacial score (nSPS) is 23.7. The average Bonchev–Trinajstić information content (AvgIpc) is 2.96. The summed E-state index contributed by atoms with van der Waals surface area (Å²) in [7, 11) is 0. The molecule has 0 spiro atoms. The van der Waals surface area contributed by atoms with Crippen molar-refractivity contribution in [3.05, 3.63) is 12.0 Å². The lowest BCUT2D eigenvalue weighted by Crippen LogP contribution is -2.33. The van der Waals surface area contributed by atoms with E-state index in [2.05, 4.69) is 17.2 Å². The Morgan fingerprint density at radius 1 is 1.50 bits per heavy atom. The van der Waals surface area contributed by atoms with Crippen molar-refractivity contribution in [3.8, 4) is 0 Å². The highest BCUT2D eigenvalue weighted by Gasteiger charge is 2.26. The molecule has 0 amide bonds. The second-order valence-electron chi connectivity index (χ2n) is 5.14. The van der Waals surface area contributed by atoms with Crippen LogP contribution in [0, 0.1) is 12.8 Å². The molecule has 1 fully saturated rings. The van der Waals surface area contributed by atoms with Crippen LogP contribution >= 0.6 is 11.8 Å². The number of nitrogens with zero attached hydrogens (tertiary/aromatic N) is 1. The molecule has 1 heterocycles. The van der Waals surface area contributed by atoms with E-state index in [1.165, 1.54) is 32.1 Å². The molecule has 1 aromatic rings. The highest BCUT2D eigenvalue weighted by atomic mass is 32.2. The van der Waals surface area contributed by atoms with E-state index in [0.29, 0.717) is 0 Å². The average molecular weight is 268 g/mol. The maximum atomic E-state index is 5.36. The van der Waals surface area contributed by atoms with Crippen LogP contribution in [0.4, 0.5) is 0 Å². The Balaban J connectivity index is 1.69. The maximum absolute atomic E-state index is 5.36. The molecule has 1 N–H and O–H groups in total. The van der Waals surface area contributed by atoms with Gasteiger partial charge in [0.05, 0.1) is 5.69 Å². The number of oxazole rings is 1. The van der Waals surface area contributed by atoms with Crippen LogP contribution in [0.25, 0.3) is 0 Å². The molecule has 0 radical (unpaired) electrons. The smallest absolute Gasteiger partial charge is 0.255 e. The number of nitrogens with one attached hydrogen (secondary N) is 1. The van der Waals surface area contributed by atoms with Gasteiger partial charge < -0.3 is 9.73 Å². The molecule has 3 nitrogen and oxygen atoms in total. The van der Waals surface area contributed by atoms with E-state index in [-0.39, 0.29) is 0 Å². The van der Waals surface area contributed by atoms with Gasteiger partial charge in [0, 0.05) is 11.8 Å². The molecule has 2 rings (SSSR count). The molecule has 2 atom stereocenters. The van der Waals surface area contributed by atoms with Crippen LogP contribution in [-0.4, -0.2) is 23.3 Å². The number of hydrogen-bond donors (Lipinski definition) is 1. The largest absolute Gasteiger partial charge is 0.440 e. The first-order valence-corrected chi connectivity index (χ1v) is 8.06. The molecule has 0 aromatic carbocycles. The van der Waals surface area contributed by atoms with Gasteiger partial charge in [0.15, 0.2) is 0 Å². The number of thioether (sulfide) groups is 1. The van der Waals surface area contributed by atoms with E-state index in [1.807, 2.05) is 6.92 Å². The van der Waals surface area contributed by atoms with E-state index >= 15 is 0 Å². The van der Waals surface area contributed by atoms with Crippen molar-refractivity contribution in [1.29, 1.82) is 0 Å². The van der Waals surface area contributed by atoms with Gasteiger partial charge in [-0.1, -0.05) is 25.1 Å². The Hall–Kier alpha value is -0.480. The molecule has 0 aliphatic heterocycles. The van der Waals surface area contributed by atoms with Crippen LogP contribution in [0.2, 0.25) is 0 Å². The van der Waals surface area contributed by atoms with Crippen molar-refractivity contribution in [3.63, 3.8) is 0 Å². The van der Waals surface area contributed by atoms with Crippen LogP contribution in [0.3, 0.4) is 0 Å². The summed E-state index contributed by atoms with van der Waals surface area (Å²) in [6.07, 6.45) is 8.35. The van der Waals surface area contributed by atoms with Gasteiger partial charge in [-0.25, -0.2) is 4.98 Å². The van der Waals surface area contributed by atoms with Crippen molar-refractivity contribution in [1.82, 2.24) is 10.3 Å². The molecule has 18 heavy (non-hydrogen) atoms. The first-order chi connectivity index (χ1) is 8.79. The number of hydrogen-bond acceptors (Lipinski definition) is 4. The fraction of sp³-hybridized carbons (Fsp3) is 0.786. The second kappa shape index (κ2) is 7.19. The maximum Gasteiger partial charge on any atom is 0.255 e. The minimum absolute atomic E-state index is 0.747. The first-order valence-electron chi connectivity index (χ1n) is 7.08. The van der Waals surface area contributed by atoms with Crippen LogP contribution in [0.5, 0.6) is 0 Å². The lowest BCUT2D eigenvalue weighted by molar-refractivity contribution is 0.392. The van der Waals surface area contributed by atoms with Gasteiger partial charge in [0.2, 0.25) is 0 Å². The Morgan fingerprint density at radius 2 is 2.39 bits per heavy atom. The summed E-state index contributed by atoms with van der Waals surface area (Å²) in [4.78, 5) is 4.32. The molecule has 4 heteroatoms. The Labute approximate surface area is 114 Å². The van der Waals surface area contributed by atoms with Crippen LogP contribution in [-0.2, 0) is 0 Å². The third-order valence-electron chi connectivity index (χ3n) is 3.63. The van der Waals surface area contributed by atoms with Crippen LogP contribution in [0.1, 0.15) is 44.7 Å². The minimum atomic E-state index is 0.747. The fourth-order valence-electron chi connectivity index (χ4n) is 2.68. The van der Waals surface area contributed by atoms with E-state index in [4.69, 9.17) is 4.42 Å². The molecule has 102 valence electrons. The van der Waals surface area contributed by atoms with Crippen molar-refractivity contribution in [2.75, 3.05) is 12.3 Å². The Kier molecular flexibility index (Phi) is 5.57. The predicted octanol–water partition coefficient (Wildman–Crippen LogP) is 3.63. The number of aromatic nitrogens is 1. The summed E-state index contributed by atoms with van der Waals surface area (Å²) < 4.78 is 5.36. The highest BCUT2D eigenvalue weighted by Crippen LogP contribution is 2.30. The van der Waals surface area contributed by atoms with Crippen LogP contribution < -0.4 is 5.32 Å². The summed E-state index contributed by atoms with van der Waals surface area (Å²) in [5.74, 6) is 1.97. The van der Waals surface area contributed by atoms with Crippen molar-refractivity contribution >= 4 is 11.8 Å². The SMILES string of the molecule is CCCNC1CCCC1CCSc1nc(C)co1. The number of rotatable bonds is 7. The van der Waals surface area contributed by atoms with E-state index < -0.39 is 0 Å². The van der Waals surface area contributed by atoms with Gasteiger partial charge in [-0.05, 0) is 45.1 Å². The summed E-state index contributed by atoms with van der Waals surface area (Å²) >= 11 is 1.75. The molecule has 2 unspecified atom stereocenters. The predicted molar refractivity (Wildman–Crippen MR) is 76.0 cm³/mol. The third kappa shape index (κ3) is 4.02.